The van der Waals surface area contributed by atoms with Gasteiger partial charge in [0, 0.05) is 16.7 Å². The van der Waals surface area contributed by atoms with E-state index in [4.69, 9.17) is 4.74 Å². The third-order valence-electron chi connectivity index (χ3n) is 3.75. The number of halogens is 1. The smallest absolute Gasteiger partial charge is 0.144 e. The van der Waals surface area contributed by atoms with Crippen LogP contribution >= 0.6 is 15.9 Å². The molecule has 0 saturated carbocycles. The molecule has 3 rings (SSSR count). The molecule has 0 unspecified atom stereocenters. The fraction of sp³-hybridized carbons (Fsp3) is 0.400. The van der Waals surface area contributed by atoms with E-state index in [1.54, 1.807) is 7.11 Å². The van der Waals surface area contributed by atoms with Gasteiger partial charge in [0.1, 0.15) is 11.6 Å². The van der Waals surface area contributed by atoms with Crippen LogP contribution in [0.3, 0.4) is 0 Å². The number of imidazole rings is 1. The van der Waals surface area contributed by atoms with Gasteiger partial charge in [0.15, 0.2) is 0 Å². The largest absolute Gasteiger partial charge is 0.496 e. The fourth-order valence-electron chi connectivity index (χ4n) is 2.81. The quantitative estimate of drug-likeness (QED) is 0.936. The first-order valence-corrected chi connectivity index (χ1v) is 7.57. The second-order valence-corrected chi connectivity index (χ2v) is 5.86. The maximum absolute atomic E-state index is 9.52. The Morgan fingerprint density at radius 2 is 2.25 bits per heavy atom. The lowest BCUT2D eigenvalue weighted by Crippen LogP contribution is -2.12. The molecule has 0 spiro atoms. The highest BCUT2D eigenvalue weighted by Crippen LogP contribution is 2.35. The number of ether oxygens (including phenoxy) is 1. The van der Waals surface area contributed by atoms with Gasteiger partial charge in [-0.15, -0.1) is 0 Å². The highest BCUT2D eigenvalue weighted by Gasteiger charge is 2.22. The summed E-state index contributed by atoms with van der Waals surface area (Å²) < 4.78 is 8.67. The number of hydrogen-bond donors (Lipinski definition) is 1. The van der Waals surface area contributed by atoms with Crippen molar-refractivity contribution in [2.75, 3.05) is 7.11 Å². The van der Waals surface area contributed by atoms with Crippen molar-refractivity contribution in [2.45, 2.75) is 32.4 Å². The van der Waals surface area contributed by atoms with Crippen molar-refractivity contribution in [3.05, 3.63) is 34.1 Å². The van der Waals surface area contributed by atoms with E-state index in [-0.39, 0.29) is 6.61 Å². The molecule has 1 aliphatic heterocycles. The van der Waals surface area contributed by atoms with Crippen LogP contribution in [-0.2, 0) is 19.6 Å². The Kier molecular flexibility index (Phi) is 3.81. The molecule has 0 radical (unpaired) electrons. The molecule has 2 heterocycles. The summed E-state index contributed by atoms with van der Waals surface area (Å²) in [5.74, 6) is 1.69. The minimum Gasteiger partial charge on any atom is -0.496 e. The molecule has 1 aromatic heterocycles. The van der Waals surface area contributed by atoms with Crippen LogP contribution in [0.25, 0.3) is 11.4 Å². The summed E-state index contributed by atoms with van der Waals surface area (Å²) in [6, 6.07) is 5.90. The van der Waals surface area contributed by atoms with E-state index < -0.39 is 0 Å². The molecule has 20 heavy (non-hydrogen) atoms. The van der Waals surface area contributed by atoms with Crippen LogP contribution in [0.4, 0.5) is 0 Å². The zero-order chi connectivity index (χ0) is 14.1. The van der Waals surface area contributed by atoms with Gasteiger partial charge in [0.2, 0.25) is 0 Å². The number of fused-ring (bicyclic) bond motifs is 1. The van der Waals surface area contributed by atoms with Gasteiger partial charge in [-0.2, -0.15) is 0 Å². The number of methoxy groups -OCH3 is 1. The number of aromatic nitrogens is 2. The van der Waals surface area contributed by atoms with Crippen LogP contribution in [0, 0.1) is 0 Å². The van der Waals surface area contributed by atoms with Gasteiger partial charge in [0.25, 0.3) is 0 Å². The van der Waals surface area contributed by atoms with E-state index in [2.05, 4.69) is 25.5 Å². The second kappa shape index (κ2) is 5.58. The molecule has 4 nitrogen and oxygen atoms in total. The number of hydrogen-bond acceptors (Lipinski definition) is 3. The topological polar surface area (TPSA) is 47.3 Å². The minimum atomic E-state index is -0.00828. The maximum Gasteiger partial charge on any atom is 0.144 e. The van der Waals surface area contributed by atoms with Crippen molar-refractivity contribution in [3.63, 3.8) is 0 Å². The molecular weight excluding hydrogens is 320 g/mol. The average Bonchev–Trinajstić information content (AvgIpc) is 2.86. The van der Waals surface area contributed by atoms with Gasteiger partial charge < -0.3 is 14.4 Å². The summed E-state index contributed by atoms with van der Waals surface area (Å²) in [5, 5.41) is 9.52. The van der Waals surface area contributed by atoms with Gasteiger partial charge in [-0.25, -0.2) is 4.98 Å². The van der Waals surface area contributed by atoms with Crippen molar-refractivity contribution < 1.29 is 9.84 Å². The number of aliphatic hydroxyl groups excluding tert-OH is 1. The Balaban J connectivity index is 2.19. The highest BCUT2D eigenvalue weighted by molar-refractivity contribution is 9.10. The Morgan fingerprint density at radius 1 is 1.40 bits per heavy atom. The molecule has 0 amide bonds. The molecule has 2 aromatic rings. The maximum atomic E-state index is 9.52. The molecule has 1 aromatic carbocycles. The van der Waals surface area contributed by atoms with Crippen LogP contribution in [0.1, 0.15) is 24.2 Å². The lowest BCUT2D eigenvalue weighted by molar-refractivity contribution is 0.275. The zero-order valence-electron chi connectivity index (χ0n) is 11.4. The van der Waals surface area contributed by atoms with E-state index in [0.29, 0.717) is 0 Å². The molecule has 5 heteroatoms. The normalized spacial score (nSPS) is 14.2. The molecule has 1 aliphatic rings. The molecule has 0 bridgehead atoms. The third kappa shape index (κ3) is 2.25. The van der Waals surface area contributed by atoms with Gasteiger partial charge in [-0.05, 0) is 37.5 Å². The molecule has 0 fully saturated rings. The Morgan fingerprint density at radius 3 is 3.00 bits per heavy atom. The summed E-state index contributed by atoms with van der Waals surface area (Å²) in [7, 11) is 1.67. The Bertz CT molecular complexity index is 637. The van der Waals surface area contributed by atoms with Gasteiger partial charge >= 0.3 is 0 Å². The highest BCUT2D eigenvalue weighted by atomic mass is 79.9. The second-order valence-electron chi connectivity index (χ2n) is 4.94. The van der Waals surface area contributed by atoms with Crippen molar-refractivity contribution in [3.8, 4) is 17.1 Å². The van der Waals surface area contributed by atoms with E-state index in [1.165, 1.54) is 0 Å². The zero-order valence-corrected chi connectivity index (χ0v) is 13.0. The summed E-state index contributed by atoms with van der Waals surface area (Å²) >= 11 is 3.50. The van der Waals surface area contributed by atoms with Crippen molar-refractivity contribution in [1.82, 2.24) is 9.55 Å². The first-order chi connectivity index (χ1) is 9.74. The molecular formula is C15H17BrN2O2. The first-order valence-electron chi connectivity index (χ1n) is 6.77. The van der Waals surface area contributed by atoms with Gasteiger partial charge in [-0.1, -0.05) is 15.9 Å². The summed E-state index contributed by atoms with van der Waals surface area (Å²) in [5.41, 5.74) is 2.92. The summed E-state index contributed by atoms with van der Waals surface area (Å²) in [4.78, 5) is 4.64. The van der Waals surface area contributed by atoms with Gasteiger partial charge in [-0.3, -0.25) is 0 Å². The SMILES string of the molecule is COc1ccc(Br)cc1-c1nc(CO)c2n1CCCC2. The molecule has 106 valence electrons. The van der Waals surface area contributed by atoms with E-state index >= 15 is 0 Å². The van der Waals surface area contributed by atoms with Crippen LogP contribution < -0.4 is 4.74 Å². The van der Waals surface area contributed by atoms with Gasteiger partial charge in [0.05, 0.1) is 25.0 Å². The van der Waals surface area contributed by atoms with Crippen molar-refractivity contribution >= 4 is 15.9 Å². The van der Waals surface area contributed by atoms with Crippen molar-refractivity contribution in [2.24, 2.45) is 0 Å². The van der Waals surface area contributed by atoms with Crippen LogP contribution in [0.5, 0.6) is 5.75 Å². The van der Waals surface area contributed by atoms with E-state index in [1.807, 2.05) is 18.2 Å². The number of benzene rings is 1. The molecule has 0 atom stereocenters. The van der Waals surface area contributed by atoms with E-state index in [9.17, 15) is 5.11 Å². The lowest BCUT2D eigenvalue weighted by Gasteiger charge is -2.18. The van der Waals surface area contributed by atoms with Crippen LogP contribution in [-0.4, -0.2) is 21.8 Å². The standard InChI is InChI=1S/C15H17BrN2O2/c1-20-14-6-5-10(16)8-11(14)15-17-12(9-19)13-4-2-3-7-18(13)15/h5-6,8,19H,2-4,7,9H2,1H3. The number of aliphatic hydroxyl groups is 1. The summed E-state index contributed by atoms with van der Waals surface area (Å²) in [6.07, 6.45) is 3.30. The molecule has 0 aliphatic carbocycles. The number of rotatable bonds is 3. The van der Waals surface area contributed by atoms with Crippen molar-refractivity contribution in [1.29, 1.82) is 0 Å². The Hall–Kier alpha value is -1.33. The fourth-order valence-corrected chi connectivity index (χ4v) is 3.17. The Labute approximate surface area is 126 Å². The third-order valence-corrected chi connectivity index (χ3v) is 4.25. The minimum absolute atomic E-state index is 0.00828. The molecule has 0 saturated heterocycles. The summed E-state index contributed by atoms with van der Waals surface area (Å²) in [6.45, 7) is 0.943. The van der Waals surface area contributed by atoms with Crippen LogP contribution in [0.2, 0.25) is 0 Å². The number of nitrogens with zero attached hydrogens (tertiary/aromatic N) is 2. The van der Waals surface area contributed by atoms with E-state index in [0.717, 1.165) is 58.8 Å². The average molecular weight is 337 g/mol. The first kappa shape index (κ1) is 13.6. The van der Waals surface area contributed by atoms with Crippen LogP contribution in [0.15, 0.2) is 22.7 Å². The monoisotopic (exact) mass is 336 g/mol. The lowest BCUT2D eigenvalue weighted by atomic mass is 10.1. The predicted molar refractivity (Wildman–Crippen MR) is 80.8 cm³/mol. The molecule has 1 N–H and O–H groups in total. The predicted octanol–water partition coefficient (Wildman–Crippen LogP) is 3.15.